The Kier molecular flexibility index (Phi) is 8.43. The number of aromatic nitrogens is 2. The smallest absolute Gasteiger partial charge is 0.416 e. The first-order valence-electron chi connectivity index (χ1n) is 13.2. The second-order valence-electron chi connectivity index (χ2n) is 9.86. The van der Waals surface area contributed by atoms with Crippen molar-refractivity contribution in [1.29, 1.82) is 0 Å². The number of nitrogens with zero attached hydrogens (tertiary/aromatic N) is 4. The van der Waals surface area contributed by atoms with Gasteiger partial charge in [-0.15, -0.1) is 0 Å². The van der Waals surface area contributed by atoms with Crippen LogP contribution in [0.15, 0.2) is 101 Å². The highest BCUT2D eigenvalue weighted by Gasteiger charge is 2.31. The average Bonchev–Trinajstić information content (AvgIpc) is 2.99. The Bertz CT molecular complexity index is 1940. The minimum absolute atomic E-state index is 0.0354. The van der Waals surface area contributed by atoms with E-state index in [2.05, 4.69) is 15.4 Å². The normalized spacial score (nSPS) is 11.6. The number of carbonyl (C=O) groups excluding carboxylic acids is 1. The summed E-state index contributed by atoms with van der Waals surface area (Å²) in [5.41, 5.74) is 0.183. The number of ether oxygens (including phenoxy) is 1. The lowest BCUT2D eigenvalue weighted by Gasteiger charge is -2.16. The van der Waals surface area contributed by atoms with Gasteiger partial charge in [-0.2, -0.15) is 22.9 Å². The predicted molar refractivity (Wildman–Crippen MR) is 161 cm³/mol. The van der Waals surface area contributed by atoms with Crippen LogP contribution in [0, 0.1) is 5.82 Å². The molecule has 0 spiro atoms. The fourth-order valence-corrected chi connectivity index (χ4v) is 4.31. The van der Waals surface area contributed by atoms with Gasteiger partial charge in [0.2, 0.25) is 0 Å². The number of fused-ring (bicyclic) bond motifs is 1. The Morgan fingerprint density at radius 3 is 2.52 bits per heavy atom. The molecule has 44 heavy (non-hydrogen) atoms. The fraction of sp³-hybridized carbons (Fsp3) is 0.125. The molecule has 8 nitrogen and oxygen atoms in total. The van der Waals surface area contributed by atoms with E-state index in [1.807, 2.05) is 19.0 Å². The highest BCUT2D eigenvalue weighted by molar-refractivity contribution is 5.92. The van der Waals surface area contributed by atoms with Crippen LogP contribution in [0.3, 0.4) is 0 Å². The third-order valence-corrected chi connectivity index (χ3v) is 6.49. The van der Waals surface area contributed by atoms with Crippen LogP contribution in [0.1, 0.15) is 11.1 Å². The van der Waals surface area contributed by atoms with Crippen molar-refractivity contribution in [3.8, 4) is 17.1 Å². The molecule has 224 valence electrons. The predicted octanol–water partition coefficient (Wildman–Crippen LogP) is 6.19. The van der Waals surface area contributed by atoms with Crippen LogP contribution in [-0.4, -0.2) is 42.5 Å². The number of nitrogens with one attached hydrogen (secondary N) is 1. The molecule has 4 aromatic carbocycles. The molecule has 0 atom stereocenters. The first-order valence-corrected chi connectivity index (χ1v) is 13.2. The van der Waals surface area contributed by atoms with Crippen molar-refractivity contribution in [3.05, 3.63) is 118 Å². The van der Waals surface area contributed by atoms with Crippen molar-refractivity contribution < 1.29 is 27.1 Å². The molecule has 1 heterocycles. The third kappa shape index (κ3) is 6.75. The Morgan fingerprint density at radius 1 is 1.00 bits per heavy atom. The van der Waals surface area contributed by atoms with Crippen LogP contribution in [0.5, 0.6) is 5.75 Å². The van der Waals surface area contributed by atoms with Crippen LogP contribution in [0.4, 0.5) is 28.9 Å². The van der Waals surface area contributed by atoms with Crippen LogP contribution in [0.25, 0.3) is 22.3 Å². The number of anilines is 2. The summed E-state index contributed by atoms with van der Waals surface area (Å²) in [6, 6.07) is 21.4. The van der Waals surface area contributed by atoms with Crippen molar-refractivity contribution >= 4 is 34.4 Å². The molecule has 0 radical (unpaired) electrons. The Morgan fingerprint density at radius 2 is 1.77 bits per heavy atom. The maximum atomic E-state index is 13.5. The number of rotatable bonds is 8. The topological polar surface area (TPSA) is 88.8 Å². The molecule has 0 saturated carbocycles. The van der Waals surface area contributed by atoms with Gasteiger partial charge in [0.05, 0.1) is 22.7 Å². The summed E-state index contributed by atoms with van der Waals surface area (Å²) in [4.78, 5) is 32.4. The zero-order valence-electron chi connectivity index (χ0n) is 23.5. The van der Waals surface area contributed by atoms with Gasteiger partial charge in [0.1, 0.15) is 11.6 Å². The lowest BCUT2D eigenvalue weighted by atomic mass is 10.1. The monoisotopic (exact) mass is 603 g/mol. The van der Waals surface area contributed by atoms with Crippen molar-refractivity contribution in [2.24, 2.45) is 5.10 Å². The van der Waals surface area contributed by atoms with E-state index in [0.717, 1.165) is 22.5 Å². The van der Waals surface area contributed by atoms with E-state index in [1.54, 1.807) is 42.5 Å². The highest BCUT2D eigenvalue weighted by atomic mass is 19.4. The van der Waals surface area contributed by atoms with Gasteiger partial charge in [-0.3, -0.25) is 9.59 Å². The lowest BCUT2D eigenvalue weighted by molar-refractivity contribution is -0.137. The third-order valence-electron chi connectivity index (χ3n) is 6.49. The quantitative estimate of drug-likeness (QED) is 0.169. The first-order chi connectivity index (χ1) is 21.0. The number of hydrogen-bond acceptors (Lipinski definition) is 6. The first kappa shape index (κ1) is 30.0. The molecule has 5 aromatic rings. The molecule has 0 aliphatic rings. The number of hydrogen-bond donors (Lipinski definition) is 1. The van der Waals surface area contributed by atoms with Gasteiger partial charge in [-0.05, 0) is 54.6 Å². The van der Waals surface area contributed by atoms with Gasteiger partial charge >= 0.3 is 6.18 Å². The number of halogens is 4. The Labute approximate surface area is 248 Å². The minimum atomic E-state index is -4.61. The van der Waals surface area contributed by atoms with E-state index < -0.39 is 35.6 Å². The van der Waals surface area contributed by atoms with Gasteiger partial charge in [-0.1, -0.05) is 30.3 Å². The van der Waals surface area contributed by atoms with E-state index in [0.29, 0.717) is 11.1 Å². The summed E-state index contributed by atoms with van der Waals surface area (Å²) >= 11 is 0. The Balaban J connectivity index is 1.53. The number of amides is 1. The molecule has 1 N–H and O–H groups in total. The molecular formula is C32H25F4N5O3. The summed E-state index contributed by atoms with van der Waals surface area (Å²) in [6.45, 7) is -0.429. The molecule has 0 aliphatic heterocycles. The molecule has 1 amide bonds. The second kappa shape index (κ2) is 12.4. The van der Waals surface area contributed by atoms with E-state index in [1.165, 1.54) is 42.6 Å². The SMILES string of the molecule is CN(C)c1ccc(C=Nn2c(-c3cccc(C(F)(F)F)c3)nc3ccccc3c2=O)c(OCC(=O)Nc2cccc(F)c2)c1. The van der Waals surface area contributed by atoms with Crippen LogP contribution in [0.2, 0.25) is 0 Å². The van der Waals surface area contributed by atoms with Gasteiger partial charge in [0, 0.05) is 42.7 Å². The van der Waals surface area contributed by atoms with Crippen LogP contribution < -0.4 is 20.5 Å². The van der Waals surface area contributed by atoms with Gasteiger partial charge in [0.15, 0.2) is 12.4 Å². The standard InChI is InChI=1S/C32H25F4N5O3/c1-40(2)25-14-13-21(28(17-25)44-19-29(42)38-24-10-6-9-23(33)16-24)18-37-41-30(20-7-5-8-22(15-20)32(34,35)36)39-27-12-4-3-11-26(27)31(41)43/h3-18H,19H2,1-2H3,(H,38,42). The molecular weight excluding hydrogens is 578 g/mol. The number of benzene rings is 4. The van der Waals surface area contributed by atoms with Crippen molar-refractivity contribution in [2.45, 2.75) is 6.18 Å². The van der Waals surface area contributed by atoms with Crippen LogP contribution >= 0.6 is 0 Å². The zero-order chi connectivity index (χ0) is 31.4. The average molecular weight is 604 g/mol. The summed E-state index contributed by atoms with van der Waals surface area (Å²) in [5, 5.41) is 7.10. The van der Waals surface area contributed by atoms with Gasteiger partial charge in [0.25, 0.3) is 11.5 Å². The summed E-state index contributed by atoms with van der Waals surface area (Å²) in [6.07, 6.45) is -3.31. The van der Waals surface area contributed by atoms with Crippen molar-refractivity contribution in [3.63, 3.8) is 0 Å². The summed E-state index contributed by atoms with van der Waals surface area (Å²) in [7, 11) is 3.62. The maximum absolute atomic E-state index is 13.5. The molecule has 1 aromatic heterocycles. The number of para-hydroxylation sites is 1. The molecule has 0 fully saturated rings. The minimum Gasteiger partial charge on any atom is -0.483 e. The zero-order valence-corrected chi connectivity index (χ0v) is 23.5. The molecule has 5 rings (SSSR count). The maximum Gasteiger partial charge on any atom is 0.416 e. The van der Waals surface area contributed by atoms with Crippen LogP contribution in [-0.2, 0) is 11.0 Å². The molecule has 0 aliphatic carbocycles. The molecule has 0 unspecified atom stereocenters. The second-order valence-corrected chi connectivity index (χ2v) is 9.86. The summed E-state index contributed by atoms with van der Waals surface area (Å²) < 4.78 is 60.8. The van der Waals surface area contributed by atoms with Gasteiger partial charge < -0.3 is 15.0 Å². The number of carbonyl (C=O) groups is 1. The Hall–Kier alpha value is -5.52. The van der Waals surface area contributed by atoms with Gasteiger partial charge in [-0.25, -0.2) is 9.37 Å². The molecule has 0 saturated heterocycles. The van der Waals surface area contributed by atoms with Crippen molar-refractivity contribution in [2.75, 3.05) is 30.9 Å². The lowest BCUT2D eigenvalue weighted by Crippen LogP contribution is -2.21. The fourth-order valence-electron chi connectivity index (χ4n) is 4.31. The van der Waals surface area contributed by atoms with E-state index in [4.69, 9.17) is 4.74 Å². The van der Waals surface area contributed by atoms with E-state index in [9.17, 15) is 27.2 Å². The number of alkyl halides is 3. The van der Waals surface area contributed by atoms with Crippen molar-refractivity contribution in [1.82, 2.24) is 9.66 Å². The van der Waals surface area contributed by atoms with E-state index >= 15 is 0 Å². The van der Waals surface area contributed by atoms with E-state index in [-0.39, 0.29) is 28.2 Å². The molecule has 12 heteroatoms. The molecule has 0 bridgehead atoms. The summed E-state index contributed by atoms with van der Waals surface area (Å²) in [5.74, 6) is -0.922. The largest absolute Gasteiger partial charge is 0.483 e. The highest BCUT2D eigenvalue weighted by Crippen LogP contribution is 2.32.